The monoisotopic (exact) mass is 255 g/mol. The van der Waals surface area contributed by atoms with Crippen LogP contribution in [0.2, 0.25) is 5.02 Å². The van der Waals surface area contributed by atoms with Crippen molar-refractivity contribution in [3.8, 4) is 5.75 Å². The number of carbonyl (C=O) groups excluding carboxylic acids is 1. The van der Waals surface area contributed by atoms with Gasteiger partial charge < -0.3 is 15.1 Å². The van der Waals surface area contributed by atoms with Crippen molar-refractivity contribution in [2.75, 3.05) is 13.1 Å². The molecule has 0 aliphatic carbocycles. The number of likely N-dealkylation sites (tertiary alicyclic amines) is 1. The molecule has 1 aromatic rings. The molecule has 1 atom stereocenters. The lowest BCUT2D eigenvalue weighted by Gasteiger charge is -2.19. The lowest BCUT2D eigenvalue weighted by molar-refractivity contribution is 0.0572. The third kappa shape index (κ3) is 2.53. The van der Waals surface area contributed by atoms with Crippen LogP contribution in [0.3, 0.4) is 0 Å². The molecule has 1 amide bonds. The highest BCUT2D eigenvalue weighted by molar-refractivity contribution is 6.32. The van der Waals surface area contributed by atoms with Crippen molar-refractivity contribution in [3.63, 3.8) is 0 Å². The van der Waals surface area contributed by atoms with Gasteiger partial charge in [-0.15, -0.1) is 0 Å². The van der Waals surface area contributed by atoms with E-state index in [1.54, 1.807) is 11.8 Å². The number of hydrogen-bond acceptors (Lipinski definition) is 3. The maximum Gasteiger partial charge on any atom is 0.254 e. The molecule has 0 aromatic heterocycles. The van der Waals surface area contributed by atoms with Crippen molar-refractivity contribution in [1.29, 1.82) is 0 Å². The highest BCUT2D eigenvalue weighted by Crippen LogP contribution is 2.26. The van der Waals surface area contributed by atoms with Gasteiger partial charge in [0.1, 0.15) is 5.75 Å². The average molecular weight is 256 g/mol. The zero-order valence-electron chi connectivity index (χ0n) is 9.48. The first-order valence-electron chi connectivity index (χ1n) is 5.39. The molecule has 1 fully saturated rings. The number of phenolic OH excluding ortho intramolecular Hbond substituents is 1. The van der Waals surface area contributed by atoms with E-state index < -0.39 is 5.60 Å². The quantitative estimate of drug-likeness (QED) is 0.802. The summed E-state index contributed by atoms with van der Waals surface area (Å²) in [7, 11) is 0. The molecule has 1 aromatic carbocycles. The Hall–Kier alpha value is -1.26. The summed E-state index contributed by atoms with van der Waals surface area (Å²) in [6.07, 6.45) is 0.574. The van der Waals surface area contributed by atoms with Gasteiger partial charge in [-0.2, -0.15) is 0 Å². The van der Waals surface area contributed by atoms with Gasteiger partial charge in [0, 0.05) is 18.7 Å². The van der Waals surface area contributed by atoms with Crippen molar-refractivity contribution in [3.05, 3.63) is 28.8 Å². The van der Waals surface area contributed by atoms with Gasteiger partial charge in [0.05, 0.1) is 10.6 Å². The molecule has 1 aliphatic rings. The fourth-order valence-electron chi connectivity index (χ4n) is 1.94. The van der Waals surface area contributed by atoms with E-state index in [-0.39, 0.29) is 16.7 Å². The number of β-amino-alcohol motifs (C(OH)–C–C–N with tert-alkyl or cyclic N) is 1. The minimum absolute atomic E-state index is 0.0448. The molecular formula is C12H14ClNO3. The smallest absolute Gasteiger partial charge is 0.254 e. The maximum absolute atomic E-state index is 12.1. The Kier molecular flexibility index (Phi) is 3.02. The van der Waals surface area contributed by atoms with Crippen LogP contribution < -0.4 is 0 Å². The average Bonchev–Trinajstić information content (AvgIpc) is 2.62. The third-order valence-corrected chi connectivity index (χ3v) is 3.24. The van der Waals surface area contributed by atoms with Crippen LogP contribution in [-0.4, -0.2) is 39.7 Å². The van der Waals surface area contributed by atoms with Crippen molar-refractivity contribution >= 4 is 17.5 Å². The standard InChI is InChI=1S/C12H14ClNO3/c1-12(17)4-5-14(7-12)11(16)8-2-3-10(15)9(13)6-8/h2-3,6,15,17H,4-5,7H2,1H3. The molecule has 5 heteroatoms. The molecule has 1 unspecified atom stereocenters. The molecule has 0 saturated carbocycles. The summed E-state index contributed by atoms with van der Waals surface area (Å²) >= 11 is 5.75. The van der Waals surface area contributed by atoms with Crippen LogP contribution in [0.15, 0.2) is 18.2 Å². The zero-order valence-corrected chi connectivity index (χ0v) is 10.2. The highest BCUT2D eigenvalue weighted by atomic mass is 35.5. The van der Waals surface area contributed by atoms with E-state index >= 15 is 0 Å². The second-order valence-corrected chi connectivity index (χ2v) is 5.05. The fraction of sp³-hybridized carbons (Fsp3) is 0.417. The molecule has 1 saturated heterocycles. The number of carbonyl (C=O) groups is 1. The van der Waals surface area contributed by atoms with E-state index in [4.69, 9.17) is 11.6 Å². The van der Waals surface area contributed by atoms with Crippen molar-refractivity contribution in [2.24, 2.45) is 0 Å². The van der Waals surface area contributed by atoms with Gasteiger partial charge in [-0.3, -0.25) is 4.79 Å². The zero-order chi connectivity index (χ0) is 12.6. The Morgan fingerprint density at radius 2 is 2.24 bits per heavy atom. The SMILES string of the molecule is CC1(O)CCN(C(=O)c2ccc(O)c(Cl)c2)C1. The summed E-state index contributed by atoms with van der Waals surface area (Å²) in [6, 6.07) is 4.35. The maximum atomic E-state index is 12.1. The van der Waals surface area contributed by atoms with E-state index in [0.717, 1.165) is 0 Å². The molecule has 4 nitrogen and oxygen atoms in total. The minimum Gasteiger partial charge on any atom is -0.506 e. The molecule has 2 rings (SSSR count). The highest BCUT2D eigenvalue weighted by Gasteiger charge is 2.34. The first kappa shape index (κ1) is 12.2. The summed E-state index contributed by atoms with van der Waals surface area (Å²) in [4.78, 5) is 13.7. The van der Waals surface area contributed by atoms with Crippen LogP contribution in [0.5, 0.6) is 5.75 Å². The Labute approximate surface area is 104 Å². The molecule has 0 radical (unpaired) electrons. The lowest BCUT2D eigenvalue weighted by Crippen LogP contribution is -2.33. The van der Waals surface area contributed by atoms with Gasteiger partial charge in [-0.1, -0.05) is 11.6 Å². The van der Waals surface area contributed by atoms with E-state index in [2.05, 4.69) is 0 Å². The Bertz CT molecular complexity index is 459. The second kappa shape index (κ2) is 4.20. The first-order valence-corrected chi connectivity index (χ1v) is 5.77. The lowest BCUT2D eigenvalue weighted by atomic mass is 10.1. The number of rotatable bonds is 1. The Morgan fingerprint density at radius 1 is 1.53 bits per heavy atom. The predicted octanol–water partition coefficient (Wildman–Crippen LogP) is 1.64. The molecule has 0 spiro atoms. The van der Waals surface area contributed by atoms with Gasteiger partial charge >= 0.3 is 0 Å². The van der Waals surface area contributed by atoms with Gasteiger partial charge in [-0.05, 0) is 31.5 Å². The van der Waals surface area contributed by atoms with E-state index in [9.17, 15) is 15.0 Å². The van der Waals surface area contributed by atoms with Gasteiger partial charge in [0.25, 0.3) is 5.91 Å². The van der Waals surface area contributed by atoms with Crippen LogP contribution in [0.4, 0.5) is 0 Å². The number of amides is 1. The predicted molar refractivity (Wildman–Crippen MR) is 64.3 cm³/mol. The number of nitrogens with zero attached hydrogens (tertiary/aromatic N) is 1. The van der Waals surface area contributed by atoms with Crippen molar-refractivity contribution in [2.45, 2.75) is 18.9 Å². The topological polar surface area (TPSA) is 60.8 Å². The first-order chi connectivity index (χ1) is 7.89. The van der Waals surface area contributed by atoms with E-state index in [1.165, 1.54) is 18.2 Å². The number of aromatic hydroxyl groups is 1. The summed E-state index contributed by atoms with van der Waals surface area (Å²) < 4.78 is 0. The number of benzene rings is 1. The molecule has 1 heterocycles. The van der Waals surface area contributed by atoms with Crippen molar-refractivity contribution < 1.29 is 15.0 Å². The number of hydrogen-bond donors (Lipinski definition) is 2. The number of phenols is 1. The van der Waals surface area contributed by atoms with Crippen LogP contribution in [0.25, 0.3) is 0 Å². The van der Waals surface area contributed by atoms with Crippen molar-refractivity contribution in [1.82, 2.24) is 4.90 Å². The summed E-state index contributed by atoms with van der Waals surface area (Å²) in [5, 5.41) is 19.2. The van der Waals surface area contributed by atoms with Gasteiger partial charge in [-0.25, -0.2) is 0 Å². The summed E-state index contributed by atoms with van der Waals surface area (Å²) in [5.74, 6) is -0.221. The molecule has 0 bridgehead atoms. The molecular weight excluding hydrogens is 242 g/mol. The van der Waals surface area contributed by atoms with Crippen LogP contribution in [0, 0.1) is 0 Å². The number of halogens is 1. The normalized spacial score (nSPS) is 24.1. The van der Waals surface area contributed by atoms with Crippen LogP contribution in [0.1, 0.15) is 23.7 Å². The second-order valence-electron chi connectivity index (χ2n) is 4.64. The minimum atomic E-state index is -0.809. The number of aliphatic hydroxyl groups is 1. The Morgan fingerprint density at radius 3 is 2.76 bits per heavy atom. The van der Waals surface area contributed by atoms with Crippen LogP contribution >= 0.6 is 11.6 Å². The fourth-order valence-corrected chi connectivity index (χ4v) is 2.12. The van der Waals surface area contributed by atoms with Crippen LogP contribution in [-0.2, 0) is 0 Å². The Balaban J connectivity index is 2.18. The third-order valence-electron chi connectivity index (χ3n) is 2.93. The van der Waals surface area contributed by atoms with E-state index in [1.807, 2.05) is 0 Å². The largest absolute Gasteiger partial charge is 0.506 e. The van der Waals surface area contributed by atoms with E-state index in [0.29, 0.717) is 25.1 Å². The summed E-state index contributed by atoms with van der Waals surface area (Å²) in [5.41, 5.74) is -0.387. The van der Waals surface area contributed by atoms with Gasteiger partial charge in [0.2, 0.25) is 0 Å². The molecule has 2 N–H and O–H groups in total. The molecule has 1 aliphatic heterocycles. The van der Waals surface area contributed by atoms with Gasteiger partial charge in [0.15, 0.2) is 0 Å². The summed E-state index contributed by atoms with van der Waals surface area (Å²) in [6.45, 7) is 2.57. The molecule has 92 valence electrons. The molecule has 17 heavy (non-hydrogen) atoms.